The first-order chi connectivity index (χ1) is 7.87. The van der Waals surface area contributed by atoms with Gasteiger partial charge in [0.15, 0.2) is 0 Å². The zero-order chi connectivity index (χ0) is 13.1. The summed E-state index contributed by atoms with van der Waals surface area (Å²) in [6.45, 7) is 3.82. The first-order valence-corrected chi connectivity index (χ1v) is 8.72. The predicted molar refractivity (Wildman–Crippen MR) is 78.4 cm³/mol. The van der Waals surface area contributed by atoms with Crippen molar-refractivity contribution < 1.29 is 8.42 Å². The number of hydrogen-bond donors (Lipinski definition) is 0. The molecule has 0 aliphatic heterocycles. The molecule has 0 N–H and O–H groups in total. The van der Waals surface area contributed by atoms with Crippen LogP contribution in [-0.4, -0.2) is 19.5 Å². The fourth-order valence-corrected chi connectivity index (χ4v) is 4.52. The molecular formula is C12H15BrO2S2. The second-order valence-corrected chi connectivity index (χ2v) is 8.15. The van der Waals surface area contributed by atoms with Crippen LogP contribution in [-0.2, 0) is 9.84 Å². The van der Waals surface area contributed by atoms with Gasteiger partial charge in [-0.1, -0.05) is 33.6 Å². The Labute approximate surface area is 116 Å². The number of benzene rings is 1. The first-order valence-electron chi connectivity index (χ1n) is 5.09. The zero-order valence-electron chi connectivity index (χ0n) is 9.98. The van der Waals surface area contributed by atoms with E-state index in [1.807, 2.05) is 26.0 Å². The Morgan fingerprint density at radius 3 is 2.29 bits per heavy atom. The van der Waals surface area contributed by atoms with Gasteiger partial charge in [-0.3, -0.25) is 0 Å². The van der Waals surface area contributed by atoms with Crippen molar-refractivity contribution in [3.63, 3.8) is 0 Å². The Kier molecular flexibility index (Phi) is 5.28. The molecule has 1 aromatic carbocycles. The lowest BCUT2D eigenvalue weighted by atomic mass is 10.2. The van der Waals surface area contributed by atoms with E-state index in [9.17, 15) is 8.42 Å². The lowest BCUT2D eigenvalue weighted by molar-refractivity contribution is 0.604. The Bertz CT molecular complexity index is 502. The van der Waals surface area contributed by atoms with Crippen LogP contribution in [0.4, 0.5) is 0 Å². The van der Waals surface area contributed by atoms with E-state index in [0.29, 0.717) is 9.13 Å². The average Bonchev–Trinajstić information content (AvgIpc) is 2.26. The van der Waals surface area contributed by atoms with Gasteiger partial charge in [-0.2, -0.15) is 0 Å². The van der Waals surface area contributed by atoms with E-state index in [-0.39, 0.29) is 4.83 Å². The summed E-state index contributed by atoms with van der Waals surface area (Å²) in [6, 6.07) is 6.91. The van der Waals surface area contributed by atoms with Gasteiger partial charge in [0.05, 0.1) is 4.90 Å². The van der Waals surface area contributed by atoms with Crippen LogP contribution in [0, 0.1) is 6.92 Å². The predicted octanol–water partition coefficient (Wildman–Crippen LogP) is 3.76. The van der Waals surface area contributed by atoms with Crippen LogP contribution in [0.5, 0.6) is 0 Å². The molecule has 0 saturated carbocycles. The molecule has 1 unspecified atom stereocenters. The van der Waals surface area contributed by atoms with Gasteiger partial charge < -0.3 is 0 Å². The minimum absolute atomic E-state index is 0.0326. The highest BCUT2D eigenvalue weighted by Gasteiger charge is 2.20. The van der Waals surface area contributed by atoms with Crippen molar-refractivity contribution in [2.75, 3.05) is 6.26 Å². The average molecular weight is 335 g/mol. The summed E-state index contributed by atoms with van der Waals surface area (Å²) in [7, 11) is -3.37. The molecule has 0 aliphatic rings. The van der Waals surface area contributed by atoms with Gasteiger partial charge in [0.1, 0.15) is 4.24 Å². The van der Waals surface area contributed by atoms with Crippen LogP contribution >= 0.6 is 27.7 Å². The molecule has 0 amide bonds. The van der Waals surface area contributed by atoms with Crippen molar-refractivity contribution >= 4 is 37.5 Å². The molecule has 17 heavy (non-hydrogen) atoms. The minimum atomic E-state index is -3.37. The number of thioether (sulfide) groups is 1. The topological polar surface area (TPSA) is 34.1 Å². The van der Waals surface area contributed by atoms with Crippen LogP contribution in [0.25, 0.3) is 0 Å². The maximum Gasteiger partial charge on any atom is 0.212 e. The molecule has 1 rings (SSSR count). The highest BCUT2D eigenvalue weighted by molar-refractivity contribution is 9.09. The summed E-state index contributed by atoms with van der Waals surface area (Å²) >= 11 is 4.59. The minimum Gasteiger partial charge on any atom is -0.218 e. The Morgan fingerprint density at radius 1 is 1.35 bits per heavy atom. The van der Waals surface area contributed by atoms with Crippen molar-refractivity contribution in [1.82, 2.24) is 0 Å². The molecule has 0 spiro atoms. The standard InChI is InChI=1S/C12H15BrO2S2/c1-9-4-6-11(7-5-9)17(14,15)12(16-3)8-10(2)13/h4-8,10H,1-3H3. The molecule has 2 nitrogen and oxygen atoms in total. The largest absolute Gasteiger partial charge is 0.218 e. The monoisotopic (exact) mass is 334 g/mol. The van der Waals surface area contributed by atoms with Crippen LogP contribution in [0.1, 0.15) is 12.5 Å². The summed E-state index contributed by atoms with van der Waals surface area (Å²) < 4.78 is 25.0. The van der Waals surface area contributed by atoms with Gasteiger partial charge in [-0.25, -0.2) is 8.42 Å². The molecule has 0 aliphatic carbocycles. The third-order valence-corrected chi connectivity index (χ3v) is 5.68. The highest BCUT2D eigenvalue weighted by atomic mass is 79.9. The molecule has 5 heteroatoms. The van der Waals surface area contributed by atoms with Gasteiger partial charge in [-0.05, 0) is 38.3 Å². The molecule has 0 bridgehead atoms. The van der Waals surface area contributed by atoms with Crippen LogP contribution in [0.2, 0.25) is 0 Å². The highest BCUT2D eigenvalue weighted by Crippen LogP contribution is 2.28. The lowest BCUT2D eigenvalue weighted by Crippen LogP contribution is -2.04. The molecule has 1 atom stereocenters. The second kappa shape index (κ2) is 6.07. The molecule has 0 heterocycles. The lowest BCUT2D eigenvalue weighted by Gasteiger charge is -2.08. The summed E-state index contributed by atoms with van der Waals surface area (Å²) in [5, 5.41) is 0. The molecule has 0 saturated heterocycles. The fourth-order valence-electron chi connectivity index (χ4n) is 1.29. The molecule has 94 valence electrons. The molecule has 0 radical (unpaired) electrons. The molecule has 0 aromatic heterocycles. The van der Waals surface area contributed by atoms with Gasteiger partial charge in [-0.15, -0.1) is 11.8 Å². The van der Waals surface area contributed by atoms with E-state index in [4.69, 9.17) is 0 Å². The normalized spacial score (nSPS) is 14.7. The Morgan fingerprint density at radius 2 is 1.88 bits per heavy atom. The van der Waals surface area contributed by atoms with Crippen molar-refractivity contribution in [2.45, 2.75) is 23.6 Å². The number of allylic oxidation sites excluding steroid dienone is 1. The van der Waals surface area contributed by atoms with Crippen molar-refractivity contribution in [3.8, 4) is 0 Å². The summed E-state index contributed by atoms with van der Waals surface area (Å²) in [5.41, 5.74) is 1.05. The fraction of sp³-hybridized carbons (Fsp3) is 0.333. The second-order valence-electron chi connectivity index (χ2n) is 3.68. The number of aryl methyl sites for hydroxylation is 1. The smallest absolute Gasteiger partial charge is 0.212 e. The quantitative estimate of drug-likeness (QED) is 0.786. The Balaban J connectivity index is 3.22. The van der Waals surface area contributed by atoms with E-state index in [1.54, 1.807) is 24.5 Å². The third-order valence-electron chi connectivity index (χ3n) is 2.16. The van der Waals surface area contributed by atoms with Gasteiger partial charge in [0, 0.05) is 4.83 Å². The SMILES string of the molecule is CSC(=CC(C)Br)S(=O)(=O)c1ccc(C)cc1. The van der Waals surface area contributed by atoms with E-state index < -0.39 is 9.84 Å². The molecule has 1 aromatic rings. The molecule has 0 fully saturated rings. The van der Waals surface area contributed by atoms with E-state index in [1.165, 1.54) is 11.8 Å². The number of sulfone groups is 1. The first kappa shape index (κ1) is 14.8. The van der Waals surface area contributed by atoms with Crippen LogP contribution in [0.15, 0.2) is 39.5 Å². The number of hydrogen-bond acceptors (Lipinski definition) is 3. The summed E-state index contributed by atoms with van der Waals surface area (Å²) in [5.74, 6) is 0. The van der Waals surface area contributed by atoms with Gasteiger partial charge in [0.25, 0.3) is 0 Å². The summed E-state index contributed by atoms with van der Waals surface area (Å²) in [4.78, 5) is 0.377. The zero-order valence-corrected chi connectivity index (χ0v) is 13.2. The van der Waals surface area contributed by atoms with E-state index in [0.717, 1.165) is 5.56 Å². The van der Waals surface area contributed by atoms with E-state index in [2.05, 4.69) is 15.9 Å². The Hall–Kier alpha value is -0.260. The van der Waals surface area contributed by atoms with Gasteiger partial charge >= 0.3 is 0 Å². The van der Waals surface area contributed by atoms with Crippen molar-refractivity contribution in [3.05, 3.63) is 40.1 Å². The number of alkyl halides is 1. The van der Waals surface area contributed by atoms with E-state index >= 15 is 0 Å². The number of rotatable bonds is 4. The maximum absolute atomic E-state index is 12.3. The van der Waals surface area contributed by atoms with Crippen LogP contribution < -0.4 is 0 Å². The molecular weight excluding hydrogens is 320 g/mol. The van der Waals surface area contributed by atoms with Crippen LogP contribution in [0.3, 0.4) is 0 Å². The van der Waals surface area contributed by atoms with Crippen molar-refractivity contribution in [1.29, 1.82) is 0 Å². The third kappa shape index (κ3) is 3.86. The van der Waals surface area contributed by atoms with Crippen molar-refractivity contribution in [2.24, 2.45) is 0 Å². The maximum atomic E-state index is 12.3. The summed E-state index contributed by atoms with van der Waals surface area (Å²) in [6.07, 6.45) is 3.48. The van der Waals surface area contributed by atoms with Gasteiger partial charge in [0.2, 0.25) is 9.84 Å². The number of halogens is 1.